The Labute approximate surface area is 565 Å². The van der Waals surface area contributed by atoms with Gasteiger partial charge in [-0.2, -0.15) is 38.0 Å². The molecule has 0 saturated heterocycles. The van der Waals surface area contributed by atoms with E-state index in [0.717, 1.165) is 26.9 Å². The van der Waals surface area contributed by atoms with Gasteiger partial charge in [0.15, 0.2) is 28.7 Å². The highest BCUT2D eigenvalue weighted by atomic mass is 35.5. The quantitative estimate of drug-likeness (QED) is 0.0518. The van der Waals surface area contributed by atoms with E-state index in [1.807, 2.05) is 47.6 Å². The molecule has 6 heterocycles. The smallest absolute Gasteiger partial charge is 0.414 e. The SMILES string of the molecule is CC(C)(C)C[C@]1(c2ccc(-c3cnn(C(F)F)c3)cc2)N=C(N)N([C@H](CO)c2ccc(Cl)c(-n3ncnc3C(F)F)c2)C1=O.CC(C)(C)C[C@]1(c2ccc(-c3cnn(C(F)F)c3)cc2)N=C(NC(=O)OCc2ccccc2)N([C@H](CO)c2ccc(Cl)c(-n3ncnc3C(F)F)c2)C1=O. The summed E-state index contributed by atoms with van der Waals surface area (Å²) in [6, 6.07) is 28.6. The van der Waals surface area contributed by atoms with Crippen LogP contribution in [0, 0.1) is 10.8 Å². The Hall–Kier alpha value is -9.91. The van der Waals surface area contributed by atoms with Crippen LogP contribution in [0.25, 0.3) is 33.6 Å². The summed E-state index contributed by atoms with van der Waals surface area (Å²) >= 11 is 12.8. The van der Waals surface area contributed by atoms with E-state index in [4.69, 9.17) is 38.7 Å². The number of hydrogen-bond donors (Lipinski definition) is 4. The lowest BCUT2D eigenvalue weighted by molar-refractivity contribution is -0.135. The van der Waals surface area contributed by atoms with Gasteiger partial charge >= 0.3 is 19.2 Å². The van der Waals surface area contributed by atoms with E-state index in [-0.39, 0.29) is 58.4 Å². The van der Waals surface area contributed by atoms with E-state index in [0.29, 0.717) is 53.9 Å². The molecule has 4 atom stereocenters. The number of alkyl halides is 8. The van der Waals surface area contributed by atoms with Crippen molar-refractivity contribution in [1.29, 1.82) is 0 Å². The third-order valence-corrected chi connectivity index (χ3v) is 16.5. The van der Waals surface area contributed by atoms with E-state index in [2.05, 4.69) is 40.7 Å². The predicted molar refractivity (Wildman–Crippen MR) is 344 cm³/mol. The van der Waals surface area contributed by atoms with Crippen molar-refractivity contribution in [2.24, 2.45) is 26.5 Å². The van der Waals surface area contributed by atoms with Crippen LogP contribution in [0.2, 0.25) is 10.0 Å². The molecule has 2 aliphatic rings. The van der Waals surface area contributed by atoms with E-state index in [1.54, 1.807) is 78.9 Å². The van der Waals surface area contributed by atoms with Crippen molar-refractivity contribution in [3.8, 4) is 33.6 Å². The number of aliphatic hydroxyl groups is 2. The highest BCUT2D eigenvalue weighted by Crippen LogP contribution is 2.48. The molecule has 2 aliphatic heterocycles. The summed E-state index contributed by atoms with van der Waals surface area (Å²) < 4.78 is 116. The lowest BCUT2D eigenvalue weighted by Crippen LogP contribution is -2.49. The van der Waals surface area contributed by atoms with Crippen LogP contribution in [-0.2, 0) is 32.0 Å². The van der Waals surface area contributed by atoms with Gasteiger partial charge in [-0.1, -0.05) is 156 Å². The van der Waals surface area contributed by atoms with Gasteiger partial charge in [0.25, 0.3) is 24.7 Å². The number of alkyl carbamates (subject to hydrolysis) is 1. The van der Waals surface area contributed by atoms with Crippen molar-refractivity contribution in [2.75, 3.05) is 13.2 Å². The standard InChI is InChI=1S/C37H35ClF4N8O4.C29H29ClF4N8O2/c1-36(2,3)20-37(26-12-9-23(10-13-26)25-16-44-48(17-25)33(41)42)32(52)49(34(47-37)46-35(53)54-19-22-7-5-4-6-8-22)29(18-51)24-11-14-27(38)28(15-24)50-31(30(39)40)43-21-45-50;1-28(2,3)14-29(19-7-4-16(5-8-19)18-11-37-40(12-18)26(33)34)25(44)41(27(35)39-29)22(13-43)17-6-9-20(30)21(10-17)42-24(23(31)32)36-15-38-42/h4-17,21,29-30,33,51H,18-20H2,1-3H3,(H,46,47,53);4-12,15,22-23,26,43H,13-14H2,1-3H3,(H2,35,39)/t29-,37-;22-,29-/m11/s1. The number of ether oxygens (including phenoxy) is 1. The van der Waals surface area contributed by atoms with Gasteiger partial charge < -0.3 is 20.7 Å². The topological polar surface area (TPSA) is 267 Å². The van der Waals surface area contributed by atoms with Gasteiger partial charge in [0.05, 0.1) is 59.1 Å². The minimum Gasteiger partial charge on any atom is -0.444 e. The van der Waals surface area contributed by atoms with Crippen LogP contribution in [0.5, 0.6) is 0 Å². The predicted octanol–water partition coefficient (Wildman–Crippen LogP) is 13.2. The molecule has 0 radical (unpaired) electrons. The molecule has 0 unspecified atom stereocenters. The molecule has 514 valence electrons. The minimum atomic E-state index is -2.99. The molecule has 3 amide bonds. The zero-order chi connectivity index (χ0) is 70.8. The third-order valence-electron chi connectivity index (χ3n) is 15.9. The van der Waals surface area contributed by atoms with Gasteiger partial charge in [-0.15, -0.1) is 0 Å². The van der Waals surface area contributed by atoms with Crippen molar-refractivity contribution in [1.82, 2.24) is 64.2 Å². The van der Waals surface area contributed by atoms with Crippen molar-refractivity contribution in [3.05, 3.63) is 202 Å². The number of rotatable bonds is 20. The van der Waals surface area contributed by atoms with Gasteiger partial charge in [0.2, 0.25) is 5.96 Å². The molecular formula is C66H64Cl2F8N16O6. The number of aliphatic imine (C=N–C) groups is 2. The Bertz CT molecular complexity index is 4410. The molecule has 0 saturated carbocycles. The molecule has 0 bridgehead atoms. The first kappa shape index (κ1) is 70.9. The zero-order valence-electron chi connectivity index (χ0n) is 53.1. The van der Waals surface area contributed by atoms with Crippen LogP contribution >= 0.6 is 23.2 Å². The lowest BCUT2D eigenvalue weighted by Gasteiger charge is -2.34. The zero-order valence-corrected chi connectivity index (χ0v) is 54.6. The Kier molecular flexibility index (Phi) is 20.7. The van der Waals surface area contributed by atoms with Crippen molar-refractivity contribution >= 4 is 53.0 Å². The molecule has 5 N–H and O–H groups in total. The van der Waals surface area contributed by atoms with Gasteiger partial charge in [-0.25, -0.2) is 61.0 Å². The third kappa shape index (κ3) is 14.8. The second-order valence-corrected chi connectivity index (χ2v) is 26.1. The Morgan fingerprint density at radius 3 is 1.42 bits per heavy atom. The van der Waals surface area contributed by atoms with Crippen LogP contribution in [0.3, 0.4) is 0 Å². The molecule has 11 rings (SSSR count). The van der Waals surface area contributed by atoms with Gasteiger partial charge in [-0.3, -0.25) is 24.7 Å². The lowest BCUT2D eigenvalue weighted by atomic mass is 9.75. The van der Waals surface area contributed by atoms with Crippen molar-refractivity contribution in [3.63, 3.8) is 0 Å². The summed E-state index contributed by atoms with van der Waals surface area (Å²) in [6.45, 7) is 4.55. The molecule has 0 fully saturated rings. The fraction of sp³-hybridized carbons (Fsp3) is 0.318. The van der Waals surface area contributed by atoms with Crippen molar-refractivity contribution in [2.45, 2.75) is 110 Å². The number of nitrogens with one attached hydrogen (secondary N) is 1. The largest absolute Gasteiger partial charge is 0.444 e. The number of aromatic nitrogens is 10. The van der Waals surface area contributed by atoms with Crippen LogP contribution < -0.4 is 11.1 Å². The number of amides is 3. The van der Waals surface area contributed by atoms with Gasteiger partial charge in [0, 0.05) is 23.5 Å². The summed E-state index contributed by atoms with van der Waals surface area (Å²) in [5, 5.41) is 39.3. The Morgan fingerprint density at radius 1 is 0.582 bits per heavy atom. The van der Waals surface area contributed by atoms with E-state index in [9.17, 15) is 54.9 Å². The van der Waals surface area contributed by atoms with E-state index >= 15 is 4.79 Å². The second-order valence-electron chi connectivity index (χ2n) is 25.2. The first-order chi connectivity index (χ1) is 46.5. The summed E-state index contributed by atoms with van der Waals surface area (Å²) in [5.74, 6) is -2.82. The highest BCUT2D eigenvalue weighted by Gasteiger charge is 2.55. The monoisotopic (exact) mass is 1400 g/mol. The van der Waals surface area contributed by atoms with E-state index < -0.39 is 103 Å². The van der Waals surface area contributed by atoms with Crippen LogP contribution in [0.1, 0.15) is 132 Å². The average molecular weight is 1400 g/mol. The molecular weight excluding hydrogens is 1340 g/mol. The highest BCUT2D eigenvalue weighted by molar-refractivity contribution is 6.32. The fourth-order valence-corrected chi connectivity index (χ4v) is 12.2. The Morgan fingerprint density at radius 2 is 1.01 bits per heavy atom. The summed E-state index contributed by atoms with van der Waals surface area (Å²) in [5.41, 5.74) is 6.57. The van der Waals surface area contributed by atoms with E-state index in [1.165, 1.54) is 60.0 Å². The van der Waals surface area contributed by atoms with Crippen molar-refractivity contribution < 1.29 is 64.5 Å². The number of benzene rings is 5. The maximum atomic E-state index is 15.1. The average Bonchev–Trinajstić information content (AvgIpc) is 1.57. The summed E-state index contributed by atoms with van der Waals surface area (Å²) in [7, 11) is 0. The number of nitrogens with two attached hydrogens (primary N) is 1. The number of aliphatic hydroxyl groups excluding tert-OH is 2. The number of carbonyl (C=O) groups is 3. The van der Waals surface area contributed by atoms with Gasteiger partial charge in [0.1, 0.15) is 19.3 Å². The number of guanidine groups is 2. The van der Waals surface area contributed by atoms with Crippen LogP contribution in [-0.4, -0.2) is 112 Å². The van der Waals surface area contributed by atoms with Crippen LogP contribution in [0.4, 0.5) is 39.9 Å². The number of carbonyl (C=O) groups excluding carboxylic acids is 3. The Balaban J connectivity index is 0.000000217. The minimum absolute atomic E-state index is 0.00693. The fourth-order valence-electron chi connectivity index (χ4n) is 11.8. The molecule has 4 aromatic heterocycles. The van der Waals surface area contributed by atoms with Gasteiger partial charge in [-0.05, 0) is 86.9 Å². The molecule has 98 heavy (non-hydrogen) atoms. The summed E-state index contributed by atoms with van der Waals surface area (Å²) in [6.07, 6.45) is 0.447. The number of halogens is 10. The molecule has 9 aromatic rings. The molecule has 22 nitrogen and oxygen atoms in total. The normalized spacial score (nSPS) is 17.2. The maximum Gasteiger partial charge on any atom is 0.414 e. The molecule has 0 aliphatic carbocycles. The van der Waals surface area contributed by atoms with Crippen LogP contribution in [0.15, 0.2) is 163 Å². The number of hydrogen-bond acceptors (Lipinski definition) is 15. The summed E-state index contributed by atoms with van der Waals surface area (Å²) in [4.78, 5) is 61.9. The second kappa shape index (κ2) is 28.7. The first-order valence-corrected chi connectivity index (χ1v) is 30.9. The molecule has 32 heteroatoms. The molecule has 0 spiro atoms. The molecule has 5 aromatic carbocycles. The maximum absolute atomic E-state index is 15.1. The number of nitrogens with zero attached hydrogens (tertiary/aromatic N) is 14. The first-order valence-electron chi connectivity index (χ1n) is 30.1.